The van der Waals surface area contributed by atoms with Gasteiger partial charge in [0, 0.05) is 17.4 Å². The molecule has 0 saturated carbocycles. The van der Waals surface area contributed by atoms with Gasteiger partial charge in [-0.1, -0.05) is 30.0 Å². The second kappa shape index (κ2) is 7.65. The highest BCUT2D eigenvalue weighted by Gasteiger charge is 2.09. The standard InChI is InChI=1S/C15H16N2O4S/c1-20-12-6-4-3-5-10(12)9-22-15-16-11(7-13(18)17-15)8-14(19)21-2/h3-7H,8-9H2,1-2H3,(H,16,17,18). The van der Waals surface area contributed by atoms with Crippen LogP contribution in [0.15, 0.2) is 40.3 Å². The van der Waals surface area contributed by atoms with Gasteiger partial charge in [0.1, 0.15) is 5.75 Å². The van der Waals surface area contributed by atoms with Gasteiger partial charge in [-0.15, -0.1) is 0 Å². The van der Waals surface area contributed by atoms with E-state index in [0.717, 1.165) is 11.3 Å². The number of ether oxygens (including phenoxy) is 2. The molecule has 1 aromatic carbocycles. The third-order valence-corrected chi connectivity index (χ3v) is 3.81. The lowest BCUT2D eigenvalue weighted by Crippen LogP contribution is -2.13. The van der Waals surface area contributed by atoms with Crippen LogP contribution in [0, 0.1) is 0 Å². The van der Waals surface area contributed by atoms with Crippen LogP contribution in [0.3, 0.4) is 0 Å². The molecule has 1 heterocycles. The Labute approximate surface area is 131 Å². The SMILES string of the molecule is COC(=O)Cc1cc(=O)[nH]c(SCc2ccccc2OC)n1. The molecule has 0 radical (unpaired) electrons. The number of nitrogens with zero attached hydrogens (tertiary/aromatic N) is 1. The number of rotatable bonds is 6. The van der Waals surface area contributed by atoms with E-state index >= 15 is 0 Å². The minimum Gasteiger partial charge on any atom is -0.496 e. The molecule has 0 spiro atoms. The van der Waals surface area contributed by atoms with Crippen LogP contribution in [-0.4, -0.2) is 30.2 Å². The number of hydrogen-bond donors (Lipinski definition) is 1. The molecule has 0 aliphatic heterocycles. The van der Waals surface area contributed by atoms with Crippen molar-refractivity contribution in [2.24, 2.45) is 0 Å². The Kier molecular flexibility index (Phi) is 5.60. The van der Waals surface area contributed by atoms with Gasteiger partial charge in [-0.25, -0.2) is 4.98 Å². The average Bonchev–Trinajstić information content (AvgIpc) is 2.52. The number of nitrogens with one attached hydrogen (secondary N) is 1. The summed E-state index contributed by atoms with van der Waals surface area (Å²) >= 11 is 1.37. The van der Waals surface area contributed by atoms with Crippen LogP contribution >= 0.6 is 11.8 Å². The first-order valence-electron chi connectivity index (χ1n) is 6.54. The molecule has 22 heavy (non-hydrogen) atoms. The van der Waals surface area contributed by atoms with Crippen LogP contribution in [0.1, 0.15) is 11.3 Å². The fourth-order valence-corrected chi connectivity index (χ4v) is 2.72. The minimum atomic E-state index is -0.432. The van der Waals surface area contributed by atoms with E-state index in [2.05, 4.69) is 14.7 Å². The van der Waals surface area contributed by atoms with E-state index in [1.165, 1.54) is 24.9 Å². The Balaban J connectivity index is 2.12. The predicted molar refractivity (Wildman–Crippen MR) is 83.1 cm³/mol. The van der Waals surface area contributed by atoms with Gasteiger partial charge >= 0.3 is 5.97 Å². The first kappa shape index (κ1) is 16.1. The molecular formula is C15H16N2O4S. The van der Waals surface area contributed by atoms with Crippen molar-refractivity contribution in [3.8, 4) is 5.75 Å². The Hall–Kier alpha value is -2.28. The molecule has 1 aromatic heterocycles. The number of carbonyl (C=O) groups excluding carboxylic acids is 1. The highest BCUT2D eigenvalue weighted by molar-refractivity contribution is 7.98. The molecule has 6 nitrogen and oxygen atoms in total. The molecule has 1 N–H and O–H groups in total. The molecule has 0 atom stereocenters. The lowest BCUT2D eigenvalue weighted by Gasteiger charge is -2.07. The normalized spacial score (nSPS) is 10.3. The van der Waals surface area contributed by atoms with Gasteiger partial charge in [-0.3, -0.25) is 9.59 Å². The maximum atomic E-state index is 11.6. The molecule has 0 aliphatic carbocycles. The number of carbonyl (C=O) groups is 1. The average molecular weight is 320 g/mol. The molecular weight excluding hydrogens is 304 g/mol. The molecule has 2 aromatic rings. The Morgan fingerprint density at radius 2 is 2.09 bits per heavy atom. The summed E-state index contributed by atoms with van der Waals surface area (Å²) in [6.45, 7) is 0. The fraction of sp³-hybridized carbons (Fsp3) is 0.267. The van der Waals surface area contributed by atoms with E-state index in [9.17, 15) is 9.59 Å². The monoisotopic (exact) mass is 320 g/mol. The van der Waals surface area contributed by atoms with Gasteiger partial charge in [0.05, 0.1) is 26.3 Å². The van der Waals surface area contributed by atoms with Gasteiger partial charge in [-0.05, 0) is 6.07 Å². The zero-order valence-electron chi connectivity index (χ0n) is 12.3. The van der Waals surface area contributed by atoms with Crippen molar-refractivity contribution in [1.82, 2.24) is 9.97 Å². The highest BCUT2D eigenvalue weighted by Crippen LogP contribution is 2.25. The van der Waals surface area contributed by atoms with Gasteiger partial charge in [0.2, 0.25) is 0 Å². The third-order valence-electron chi connectivity index (χ3n) is 2.88. The number of esters is 1. The van der Waals surface area contributed by atoms with Crippen molar-refractivity contribution in [2.75, 3.05) is 14.2 Å². The van der Waals surface area contributed by atoms with Gasteiger partial charge in [0.25, 0.3) is 5.56 Å². The number of thioether (sulfide) groups is 1. The quantitative estimate of drug-likeness (QED) is 0.496. The maximum absolute atomic E-state index is 11.6. The van der Waals surface area contributed by atoms with Gasteiger partial charge in [0.15, 0.2) is 5.16 Å². The summed E-state index contributed by atoms with van der Waals surface area (Å²) in [7, 11) is 2.91. The Morgan fingerprint density at radius 1 is 1.32 bits per heavy atom. The molecule has 7 heteroatoms. The van der Waals surface area contributed by atoms with E-state index in [4.69, 9.17) is 4.74 Å². The van der Waals surface area contributed by atoms with Crippen molar-refractivity contribution in [1.29, 1.82) is 0 Å². The molecule has 2 rings (SSSR count). The number of hydrogen-bond acceptors (Lipinski definition) is 6. The summed E-state index contributed by atoms with van der Waals surface area (Å²) in [5.74, 6) is 0.941. The maximum Gasteiger partial charge on any atom is 0.311 e. The number of aromatic amines is 1. The summed E-state index contributed by atoms with van der Waals surface area (Å²) in [4.78, 5) is 29.8. The van der Waals surface area contributed by atoms with Crippen LogP contribution in [0.2, 0.25) is 0 Å². The molecule has 0 amide bonds. The third kappa shape index (κ3) is 4.36. The highest BCUT2D eigenvalue weighted by atomic mass is 32.2. The summed E-state index contributed by atoms with van der Waals surface area (Å²) in [5, 5.41) is 0.456. The summed E-state index contributed by atoms with van der Waals surface area (Å²) < 4.78 is 9.86. The topological polar surface area (TPSA) is 81.3 Å². The van der Waals surface area contributed by atoms with Crippen molar-refractivity contribution < 1.29 is 14.3 Å². The number of para-hydroxylation sites is 1. The number of methoxy groups -OCH3 is 2. The number of aromatic nitrogens is 2. The predicted octanol–water partition coefficient (Wildman–Crippen LogP) is 1.79. The number of benzene rings is 1. The fourth-order valence-electron chi connectivity index (χ4n) is 1.83. The van der Waals surface area contributed by atoms with Crippen LogP contribution in [-0.2, 0) is 21.7 Å². The van der Waals surface area contributed by atoms with Crippen LogP contribution in [0.5, 0.6) is 5.75 Å². The smallest absolute Gasteiger partial charge is 0.311 e. The lowest BCUT2D eigenvalue weighted by atomic mass is 10.2. The Bertz CT molecular complexity index is 715. The van der Waals surface area contributed by atoms with E-state index < -0.39 is 5.97 Å². The molecule has 116 valence electrons. The van der Waals surface area contributed by atoms with E-state index in [1.807, 2.05) is 24.3 Å². The molecule has 0 bridgehead atoms. The second-order valence-corrected chi connectivity index (χ2v) is 5.36. The summed E-state index contributed by atoms with van der Waals surface area (Å²) in [5.41, 5.74) is 1.09. The first-order chi connectivity index (χ1) is 10.6. The zero-order valence-corrected chi connectivity index (χ0v) is 13.1. The number of H-pyrrole nitrogens is 1. The largest absolute Gasteiger partial charge is 0.496 e. The second-order valence-electron chi connectivity index (χ2n) is 4.40. The van der Waals surface area contributed by atoms with Crippen LogP contribution < -0.4 is 10.3 Å². The molecule has 0 aliphatic rings. The van der Waals surface area contributed by atoms with Gasteiger partial charge < -0.3 is 14.5 Å². The summed E-state index contributed by atoms with van der Waals surface area (Å²) in [6.07, 6.45) is -0.0252. The van der Waals surface area contributed by atoms with Crippen molar-refractivity contribution >= 4 is 17.7 Å². The first-order valence-corrected chi connectivity index (χ1v) is 7.52. The van der Waals surface area contributed by atoms with Crippen LogP contribution in [0.4, 0.5) is 0 Å². The Morgan fingerprint density at radius 3 is 2.82 bits per heavy atom. The van der Waals surface area contributed by atoms with Crippen molar-refractivity contribution in [3.63, 3.8) is 0 Å². The van der Waals surface area contributed by atoms with Crippen LogP contribution in [0.25, 0.3) is 0 Å². The van der Waals surface area contributed by atoms with Crippen molar-refractivity contribution in [2.45, 2.75) is 17.3 Å². The molecule has 0 unspecified atom stereocenters. The van der Waals surface area contributed by atoms with Crippen molar-refractivity contribution in [3.05, 3.63) is 51.9 Å². The minimum absolute atomic E-state index is 0.0252. The van der Waals surface area contributed by atoms with E-state index in [0.29, 0.717) is 16.6 Å². The van der Waals surface area contributed by atoms with E-state index in [-0.39, 0.29) is 12.0 Å². The molecule has 0 fully saturated rings. The summed E-state index contributed by atoms with van der Waals surface area (Å²) in [6, 6.07) is 8.93. The molecule has 0 saturated heterocycles. The lowest BCUT2D eigenvalue weighted by molar-refractivity contribution is -0.139. The van der Waals surface area contributed by atoms with Gasteiger partial charge in [-0.2, -0.15) is 0 Å². The zero-order chi connectivity index (χ0) is 15.9. The van der Waals surface area contributed by atoms with E-state index in [1.54, 1.807) is 7.11 Å².